The molecule has 0 unspecified atom stereocenters. The molecule has 0 saturated carbocycles. The minimum absolute atomic E-state index is 0.0303. The average molecular weight is 375 g/mol. The van der Waals surface area contributed by atoms with Gasteiger partial charge in [0.1, 0.15) is 10.6 Å². The van der Waals surface area contributed by atoms with Crippen LogP contribution < -0.4 is 4.74 Å². The second-order valence-electron chi connectivity index (χ2n) is 5.44. The number of benzene rings is 2. The third-order valence-corrected chi connectivity index (χ3v) is 5.05. The molecule has 0 spiro atoms. The molecular weight excluding hydrogens is 360 g/mol. The Labute approximate surface area is 153 Å². The van der Waals surface area contributed by atoms with Crippen molar-refractivity contribution >= 4 is 44.8 Å². The Balaban J connectivity index is 1.93. The van der Waals surface area contributed by atoms with E-state index in [-0.39, 0.29) is 18.8 Å². The summed E-state index contributed by atoms with van der Waals surface area (Å²) in [5, 5.41) is 10.2. The van der Waals surface area contributed by atoms with Crippen LogP contribution in [0.3, 0.4) is 0 Å². The van der Waals surface area contributed by atoms with Gasteiger partial charge in [0.05, 0.1) is 6.61 Å². The first-order chi connectivity index (χ1) is 12.1. The summed E-state index contributed by atoms with van der Waals surface area (Å²) < 4.78 is 6.76. The molecule has 0 bridgehead atoms. The van der Waals surface area contributed by atoms with Crippen LogP contribution in [0.4, 0.5) is 0 Å². The van der Waals surface area contributed by atoms with Crippen molar-refractivity contribution in [3.05, 3.63) is 64.0 Å². The molecule has 0 fully saturated rings. The summed E-state index contributed by atoms with van der Waals surface area (Å²) >= 11 is 7.26. The van der Waals surface area contributed by atoms with E-state index < -0.39 is 5.97 Å². The van der Waals surface area contributed by atoms with Gasteiger partial charge < -0.3 is 9.84 Å². The van der Waals surface area contributed by atoms with Crippen molar-refractivity contribution in [1.82, 2.24) is 0 Å². The average Bonchev–Trinajstić information content (AvgIpc) is 2.97. The minimum atomic E-state index is -0.865. The first-order valence-electron chi connectivity index (χ1n) is 7.72. The van der Waals surface area contributed by atoms with Crippen molar-refractivity contribution in [3.63, 3.8) is 0 Å². The van der Waals surface area contributed by atoms with Gasteiger partial charge in [-0.05, 0) is 42.8 Å². The summed E-state index contributed by atoms with van der Waals surface area (Å²) in [6.07, 6.45) is 0.413. The number of aliphatic carboxylic acids is 1. The topological polar surface area (TPSA) is 63.6 Å². The van der Waals surface area contributed by atoms with Crippen LogP contribution in [0.2, 0.25) is 5.02 Å². The van der Waals surface area contributed by atoms with E-state index in [0.717, 1.165) is 10.1 Å². The molecule has 3 rings (SSSR count). The summed E-state index contributed by atoms with van der Waals surface area (Å²) in [7, 11) is 0. The standard InChI is InChI=1S/C19H15ClO4S/c20-13-9-7-12(8-10-13)17(23)19-18(24-11-3-6-16(21)22)14-4-1-2-5-15(14)25-19/h1-2,4-5,7-10H,3,6,11H2,(H,21,22). The molecule has 0 amide bonds. The second-order valence-corrected chi connectivity index (χ2v) is 6.93. The van der Waals surface area contributed by atoms with Crippen molar-refractivity contribution in [2.45, 2.75) is 12.8 Å². The highest BCUT2D eigenvalue weighted by Crippen LogP contribution is 2.39. The zero-order valence-corrected chi connectivity index (χ0v) is 14.8. The number of carbonyl (C=O) groups excluding carboxylic acids is 1. The molecule has 1 heterocycles. The zero-order valence-electron chi connectivity index (χ0n) is 13.2. The molecule has 0 aliphatic rings. The van der Waals surface area contributed by atoms with E-state index in [1.807, 2.05) is 24.3 Å². The predicted molar refractivity (Wildman–Crippen MR) is 99.1 cm³/mol. The van der Waals surface area contributed by atoms with E-state index in [9.17, 15) is 9.59 Å². The van der Waals surface area contributed by atoms with Gasteiger partial charge in [-0.3, -0.25) is 9.59 Å². The molecular formula is C19H15ClO4S. The number of halogens is 1. The fourth-order valence-corrected chi connectivity index (χ4v) is 3.68. The molecule has 0 atom stereocenters. The van der Waals surface area contributed by atoms with Crippen molar-refractivity contribution in [2.24, 2.45) is 0 Å². The lowest BCUT2D eigenvalue weighted by atomic mass is 10.1. The fourth-order valence-electron chi connectivity index (χ4n) is 2.44. The highest BCUT2D eigenvalue weighted by Gasteiger charge is 2.21. The number of ketones is 1. The molecule has 25 heavy (non-hydrogen) atoms. The quantitative estimate of drug-likeness (QED) is 0.465. The van der Waals surface area contributed by atoms with E-state index in [1.54, 1.807) is 24.3 Å². The molecule has 128 valence electrons. The lowest BCUT2D eigenvalue weighted by Crippen LogP contribution is -2.05. The van der Waals surface area contributed by atoms with Gasteiger partial charge in [-0.15, -0.1) is 11.3 Å². The molecule has 0 radical (unpaired) electrons. The highest BCUT2D eigenvalue weighted by molar-refractivity contribution is 7.21. The van der Waals surface area contributed by atoms with Gasteiger partial charge >= 0.3 is 5.97 Å². The summed E-state index contributed by atoms with van der Waals surface area (Å²) in [6, 6.07) is 14.3. The van der Waals surface area contributed by atoms with E-state index in [2.05, 4.69) is 0 Å². The van der Waals surface area contributed by atoms with Gasteiger partial charge in [0.15, 0.2) is 0 Å². The Morgan fingerprint density at radius 3 is 2.52 bits per heavy atom. The van der Waals surface area contributed by atoms with Crippen LogP contribution in [-0.4, -0.2) is 23.5 Å². The number of thiophene rings is 1. The summed E-state index contributed by atoms with van der Waals surface area (Å²) in [4.78, 5) is 24.0. The molecule has 4 nitrogen and oxygen atoms in total. The Morgan fingerprint density at radius 2 is 1.80 bits per heavy atom. The first kappa shape index (κ1) is 17.5. The number of carboxylic acid groups (broad SMARTS) is 1. The normalized spacial score (nSPS) is 10.8. The number of fused-ring (bicyclic) bond motifs is 1. The van der Waals surface area contributed by atoms with Gasteiger partial charge in [0.2, 0.25) is 5.78 Å². The van der Waals surface area contributed by atoms with Crippen molar-refractivity contribution in [2.75, 3.05) is 6.61 Å². The van der Waals surface area contributed by atoms with Crippen LogP contribution in [-0.2, 0) is 4.79 Å². The molecule has 1 aromatic heterocycles. The summed E-state index contributed by atoms with van der Waals surface area (Å²) in [5.74, 6) is -0.478. The SMILES string of the molecule is O=C(O)CCCOc1c(C(=O)c2ccc(Cl)cc2)sc2ccccc12. The smallest absolute Gasteiger partial charge is 0.303 e. The van der Waals surface area contributed by atoms with Crippen molar-refractivity contribution in [3.8, 4) is 5.75 Å². The third-order valence-electron chi connectivity index (χ3n) is 3.64. The van der Waals surface area contributed by atoms with Crippen LogP contribution >= 0.6 is 22.9 Å². The van der Waals surface area contributed by atoms with Crippen LogP contribution in [0.15, 0.2) is 48.5 Å². The molecule has 0 saturated heterocycles. The Hall–Kier alpha value is -2.37. The lowest BCUT2D eigenvalue weighted by molar-refractivity contribution is -0.137. The first-order valence-corrected chi connectivity index (χ1v) is 8.92. The molecule has 2 aromatic carbocycles. The van der Waals surface area contributed by atoms with Crippen molar-refractivity contribution in [1.29, 1.82) is 0 Å². The van der Waals surface area contributed by atoms with Gasteiger partial charge in [-0.25, -0.2) is 0 Å². The number of hydrogen-bond donors (Lipinski definition) is 1. The largest absolute Gasteiger partial charge is 0.491 e. The monoisotopic (exact) mass is 374 g/mol. The molecule has 3 aromatic rings. The van der Waals surface area contributed by atoms with E-state index in [1.165, 1.54) is 11.3 Å². The van der Waals surface area contributed by atoms with Gasteiger partial charge in [0.25, 0.3) is 0 Å². The summed E-state index contributed by atoms with van der Waals surface area (Å²) in [6.45, 7) is 0.244. The van der Waals surface area contributed by atoms with Crippen LogP contribution in [0.1, 0.15) is 28.1 Å². The minimum Gasteiger partial charge on any atom is -0.491 e. The maximum Gasteiger partial charge on any atom is 0.303 e. The van der Waals surface area contributed by atoms with Crippen LogP contribution in [0.5, 0.6) is 5.75 Å². The number of rotatable bonds is 7. The molecule has 0 aliphatic carbocycles. The molecule has 6 heteroatoms. The fraction of sp³-hybridized carbons (Fsp3) is 0.158. The Bertz CT molecular complexity index is 915. The Kier molecular flexibility index (Phi) is 5.36. The van der Waals surface area contributed by atoms with Gasteiger partial charge in [0, 0.05) is 27.1 Å². The Morgan fingerprint density at radius 1 is 1.08 bits per heavy atom. The molecule has 0 aliphatic heterocycles. The maximum absolute atomic E-state index is 12.9. The molecule has 1 N–H and O–H groups in total. The zero-order chi connectivity index (χ0) is 17.8. The number of hydrogen-bond acceptors (Lipinski definition) is 4. The summed E-state index contributed by atoms with van der Waals surface area (Å²) in [5.41, 5.74) is 0.534. The van der Waals surface area contributed by atoms with Gasteiger partial charge in [-0.1, -0.05) is 23.7 Å². The van der Waals surface area contributed by atoms with Crippen LogP contribution in [0, 0.1) is 0 Å². The second kappa shape index (κ2) is 7.68. The predicted octanol–water partition coefficient (Wildman–Crippen LogP) is 5.03. The number of carboxylic acids is 1. The van der Waals surface area contributed by atoms with E-state index >= 15 is 0 Å². The third kappa shape index (κ3) is 4.00. The highest BCUT2D eigenvalue weighted by atomic mass is 35.5. The number of carbonyl (C=O) groups is 2. The van der Waals surface area contributed by atoms with E-state index in [0.29, 0.717) is 27.6 Å². The van der Waals surface area contributed by atoms with Crippen LogP contribution in [0.25, 0.3) is 10.1 Å². The van der Waals surface area contributed by atoms with Crippen molar-refractivity contribution < 1.29 is 19.4 Å². The maximum atomic E-state index is 12.9. The lowest BCUT2D eigenvalue weighted by Gasteiger charge is -2.07. The van der Waals surface area contributed by atoms with E-state index in [4.69, 9.17) is 21.4 Å². The van der Waals surface area contributed by atoms with Gasteiger partial charge in [-0.2, -0.15) is 0 Å². The number of ether oxygens (including phenoxy) is 1.